The third-order valence-electron chi connectivity index (χ3n) is 3.15. The Morgan fingerprint density at radius 3 is 2.25 bits per heavy atom. The third-order valence-corrected chi connectivity index (χ3v) is 5.36. The SMILES string of the molecule is CCS(=O)(=O)c1cc(C(=O)Nc2cc(F)c(F)c(F)c2)ccc1Cl. The number of rotatable bonds is 4. The van der Waals surface area contributed by atoms with Gasteiger partial charge in [0.1, 0.15) is 0 Å². The van der Waals surface area contributed by atoms with Crippen molar-refractivity contribution in [2.24, 2.45) is 0 Å². The minimum atomic E-state index is -3.66. The summed E-state index contributed by atoms with van der Waals surface area (Å²) in [6, 6.07) is 4.76. The van der Waals surface area contributed by atoms with E-state index in [2.05, 4.69) is 5.32 Å². The molecular formula is C15H11ClF3NO3S. The van der Waals surface area contributed by atoms with Gasteiger partial charge in [-0.05, 0) is 18.2 Å². The van der Waals surface area contributed by atoms with Gasteiger partial charge < -0.3 is 5.32 Å². The van der Waals surface area contributed by atoms with Gasteiger partial charge in [-0.15, -0.1) is 0 Å². The van der Waals surface area contributed by atoms with E-state index in [0.717, 1.165) is 6.07 Å². The summed E-state index contributed by atoms with van der Waals surface area (Å²) in [6.45, 7) is 1.42. The largest absolute Gasteiger partial charge is 0.322 e. The summed E-state index contributed by atoms with van der Waals surface area (Å²) in [6.07, 6.45) is 0. The highest BCUT2D eigenvalue weighted by Gasteiger charge is 2.19. The van der Waals surface area contributed by atoms with Gasteiger partial charge in [0.25, 0.3) is 5.91 Å². The maximum atomic E-state index is 13.1. The Morgan fingerprint density at radius 1 is 1.12 bits per heavy atom. The van der Waals surface area contributed by atoms with E-state index in [1.807, 2.05) is 0 Å². The van der Waals surface area contributed by atoms with Crippen LogP contribution in [0.5, 0.6) is 0 Å². The second-order valence-electron chi connectivity index (χ2n) is 4.76. The van der Waals surface area contributed by atoms with E-state index >= 15 is 0 Å². The molecule has 0 heterocycles. The van der Waals surface area contributed by atoms with E-state index in [-0.39, 0.29) is 26.9 Å². The molecule has 0 bridgehead atoms. The van der Waals surface area contributed by atoms with Crippen molar-refractivity contribution >= 4 is 33.0 Å². The van der Waals surface area contributed by atoms with Crippen molar-refractivity contribution in [2.75, 3.05) is 11.1 Å². The highest BCUT2D eigenvalue weighted by atomic mass is 35.5. The number of halogens is 4. The molecule has 0 aromatic heterocycles. The van der Waals surface area contributed by atoms with Gasteiger partial charge in [0.15, 0.2) is 27.3 Å². The van der Waals surface area contributed by atoms with Crippen molar-refractivity contribution in [3.8, 4) is 0 Å². The van der Waals surface area contributed by atoms with Crippen LogP contribution in [0.25, 0.3) is 0 Å². The Bertz CT molecular complexity index is 893. The molecule has 0 unspecified atom stereocenters. The minimum Gasteiger partial charge on any atom is -0.322 e. The van der Waals surface area contributed by atoms with Crippen LogP contribution in [0.1, 0.15) is 17.3 Å². The Hall–Kier alpha value is -2.06. The molecule has 2 aromatic carbocycles. The van der Waals surface area contributed by atoms with Crippen LogP contribution in [0.15, 0.2) is 35.2 Å². The molecule has 0 saturated heterocycles. The highest BCUT2D eigenvalue weighted by Crippen LogP contribution is 2.25. The van der Waals surface area contributed by atoms with Crippen LogP contribution in [0.4, 0.5) is 18.9 Å². The summed E-state index contributed by atoms with van der Waals surface area (Å²) >= 11 is 5.83. The molecule has 2 aromatic rings. The van der Waals surface area contributed by atoms with Crippen LogP contribution >= 0.6 is 11.6 Å². The second kappa shape index (κ2) is 6.82. The molecule has 0 atom stereocenters. The van der Waals surface area contributed by atoms with Crippen LogP contribution < -0.4 is 5.32 Å². The van der Waals surface area contributed by atoms with Gasteiger partial charge in [-0.2, -0.15) is 0 Å². The zero-order valence-electron chi connectivity index (χ0n) is 12.2. The van der Waals surface area contributed by atoms with E-state index in [0.29, 0.717) is 12.1 Å². The maximum absolute atomic E-state index is 13.1. The molecule has 9 heteroatoms. The Morgan fingerprint density at radius 2 is 1.71 bits per heavy atom. The number of hydrogen-bond donors (Lipinski definition) is 1. The Kier molecular flexibility index (Phi) is 5.19. The summed E-state index contributed by atoms with van der Waals surface area (Å²) in [4.78, 5) is 11.9. The van der Waals surface area contributed by atoms with Crippen LogP contribution in [0.2, 0.25) is 5.02 Å². The van der Waals surface area contributed by atoms with E-state index in [1.165, 1.54) is 19.1 Å². The maximum Gasteiger partial charge on any atom is 0.255 e. The number of carbonyl (C=O) groups excluding carboxylic acids is 1. The first kappa shape index (κ1) is 18.3. The number of carbonyl (C=O) groups is 1. The molecule has 0 aliphatic rings. The first-order chi connectivity index (χ1) is 11.2. The molecule has 4 nitrogen and oxygen atoms in total. The molecule has 0 aliphatic carbocycles. The first-order valence-corrected chi connectivity index (χ1v) is 8.67. The van der Waals surface area contributed by atoms with Crippen molar-refractivity contribution in [3.63, 3.8) is 0 Å². The van der Waals surface area contributed by atoms with Crippen molar-refractivity contribution < 1.29 is 26.4 Å². The van der Waals surface area contributed by atoms with Gasteiger partial charge >= 0.3 is 0 Å². The number of amides is 1. The molecule has 1 N–H and O–H groups in total. The summed E-state index contributed by atoms with van der Waals surface area (Å²) < 4.78 is 63.0. The van der Waals surface area contributed by atoms with Crippen molar-refractivity contribution in [3.05, 3.63) is 58.4 Å². The van der Waals surface area contributed by atoms with Crippen LogP contribution in [0, 0.1) is 17.5 Å². The van der Waals surface area contributed by atoms with Gasteiger partial charge in [0, 0.05) is 23.4 Å². The molecule has 0 radical (unpaired) electrons. The molecule has 0 aliphatic heterocycles. The van der Waals surface area contributed by atoms with Gasteiger partial charge in [-0.1, -0.05) is 18.5 Å². The zero-order chi connectivity index (χ0) is 18.1. The molecule has 2 rings (SSSR count). The number of sulfone groups is 1. The fraction of sp³-hybridized carbons (Fsp3) is 0.133. The lowest BCUT2D eigenvalue weighted by molar-refractivity contribution is 0.102. The van der Waals surface area contributed by atoms with E-state index in [1.54, 1.807) is 0 Å². The van der Waals surface area contributed by atoms with E-state index < -0.39 is 33.2 Å². The van der Waals surface area contributed by atoms with Gasteiger partial charge in [0.2, 0.25) is 0 Å². The quantitative estimate of drug-likeness (QED) is 0.824. The lowest BCUT2D eigenvalue weighted by atomic mass is 10.2. The molecule has 128 valence electrons. The van der Waals surface area contributed by atoms with Gasteiger partial charge in [-0.25, -0.2) is 21.6 Å². The van der Waals surface area contributed by atoms with Crippen molar-refractivity contribution in [2.45, 2.75) is 11.8 Å². The highest BCUT2D eigenvalue weighted by molar-refractivity contribution is 7.91. The van der Waals surface area contributed by atoms with Gasteiger partial charge in [0.05, 0.1) is 15.7 Å². The van der Waals surface area contributed by atoms with E-state index in [9.17, 15) is 26.4 Å². The predicted molar refractivity (Wildman–Crippen MR) is 83.4 cm³/mol. The fourth-order valence-electron chi connectivity index (χ4n) is 1.87. The van der Waals surface area contributed by atoms with Crippen LogP contribution in [-0.4, -0.2) is 20.1 Å². The third kappa shape index (κ3) is 3.70. The fourth-order valence-corrected chi connectivity index (χ4v) is 3.32. The molecular weight excluding hydrogens is 367 g/mol. The lowest BCUT2D eigenvalue weighted by Crippen LogP contribution is -2.14. The van der Waals surface area contributed by atoms with Gasteiger partial charge in [-0.3, -0.25) is 4.79 Å². The second-order valence-corrected chi connectivity index (χ2v) is 7.41. The average Bonchev–Trinajstić information content (AvgIpc) is 2.52. The van der Waals surface area contributed by atoms with Crippen molar-refractivity contribution in [1.82, 2.24) is 0 Å². The Balaban J connectivity index is 2.36. The molecule has 0 fully saturated rings. The zero-order valence-corrected chi connectivity index (χ0v) is 13.8. The smallest absolute Gasteiger partial charge is 0.255 e. The van der Waals surface area contributed by atoms with E-state index in [4.69, 9.17) is 11.6 Å². The van der Waals surface area contributed by atoms with Crippen LogP contribution in [0.3, 0.4) is 0 Å². The molecule has 1 amide bonds. The first-order valence-electron chi connectivity index (χ1n) is 6.64. The molecule has 24 heavy (non-hydrogen) atoms. The predicted octanol–water partition coefficient (Wildman–Crippen LogP) is 3.80. The average molecular weight is 378 g/mol. The monoisotopic (exact) mass is 377 g/mol. The minimum absolute atomic E-state index is 0.0488. The molecule has 0 saturated carbocycles. The standard InChI is InChI=1S/C15H11ClF3NO3S/c1-2-24(22,23)13-5-8(3-4-10(13)16)15(21)20-9-6-11(17)14(19)12(18)7-9/h3-7H,2H2,1H3,(H,20,21). The number of benzene rings is 2. The number of nitrogens with one attached hydrogen (secondary N) is 1. The molecule has 0 spiro atoms. The Labute approximate surface area is 141 Å². The topological polar surface area (TPSA) is 63.2 Å². The lowest BCUT2D eigenvalue weighted by Gasteiger charge is -2.09. The van der Waals surface area contributed by atoms with Crippen LogP contribution in [-0.2, 0) is 9.84 Å². The number of hydrogen-bond acceptors (Lipinski definition) is 3. The number of anilines is 1. The summed E-state index contributed by atoms with van der Waals surface area (Å²) in [7, 11) is -3.66. The summed E-state index contributed by atoms with van der Waals surface area (Å²) in [5.41, 5.74) is -0.400. The summed E-state index contributed by atoms with van der Waals surface area (Å²) in [5.74, 6) is -5.63. The normalized spacial score (nSPS) is 11.4. The van der Waals surface area contributed by atoms with Crippen molar-refractivity contribution in [1.29, 1.82) is 0 Å². The summed E-state index contributed by atoms with van der Waals surface area (Å²) in [5, 5.41) is 2.11.